The molecule has 1 amide bonds. The van der Waals surface area contributed by atoms with Crippen molar-refractivity contribution in [2.24, 2.45) is 5.92 Å². The Kier molecular flexibility index (Phi) is 8.75. The Morgan fingerprint density at radius 2 is 1.90 bits per heavy atom. The first-order valence-corrected chi connectivity index (χ1v) is 13.1. The maximum atomic E-state index is 13.1. The molecule has 0 radical (unpaired) electrons. The van der Waals surface area contributed by atoms with Crippen molar-refractivity contribution < 1.29 is 13.2 Å². The number of nitrogens with one attached hydrogen (secondary N) is 1. The highest BCUT2D eigenvalue weighted by Crippen LogP contribution is 2.29. The molecule has 1 atom stereocenters. The number of piperazine rings is 1. The van der Waals surface area contributed by atoms with Crippen LogP contribution in [0.2, 0.25) is 5.02 Å². The number of sulfonamides is 1. The number of amides is 1. The van der Waals surface area contributed by atoms with E-state index < -0.39 is 10.0 Å². The van der Waals surface area contributed by atoms with E-state index in [1.54, 1.807) is 6.07 Å². The Bertz CT molecular complexity index is 856. The van der Waals surface area contributed by atoms with Gasteiger partial charge in [-0.25, -0.2) is 8.42 Å². The number of carbonyl (C=O) groups is 1. The van der Waals surface area contributed by atoms with Gasteiger partial charge in [-0.15, -0.1) is 0 Å². The summed E-state index contributed by atoms with van der Waals surface area (Å²) in [7, 11) is -1.57. The molecule has 1 aromatic carbocycles. The molecule has 2 aliphatic heterocycles. The quantitative estimate of drug-likeness (QED) is 0.591. The number of nitrogens with zero attached hydrogens (tertiary/aromatic N) is 3. The van der Waals surface area contributed by atoms with Gasteiger partial charge in [-0.2, -0.15) is 4.31 Å². The van der Waals surface area contributed by atoms with Gasteiger partial charge in [0.1, 0.15) is 4.90 Å². The lowest BCUT2D eigenvalue weighted by molar-refractivity contribution is 0.0951. The summed E-state index contributed by atoms with van der Waals surface area (Å²) in [5.74, 6) is 0.0550. The molecule has 0 spiro atoms. The zero-order valence-corrected chi connectivity index (χ0v) is 20.2. The summed E-state index contributed by atoms with van der Waals surface area (Å²) < 4.78 is 27.7. The molecule has 31 heavy (non-hydrogen) atoms. The van der Waals surface area contributed by atoms with Crippen LogP contribution in [0.1, 0.15) is 43.0 Å². The Morgan fingerprint density at radius 3 is 2.61 bits per heavy atom. The van der Waals surface area contributed by atoms with Crippen molar-refractivity contribution in [1.29, 1.82) is 0 Å². The van der Waals surface area contributed by atoms with Gasteiger partial charge in [0.2, 0.25) is 10.0 Å². The Hall–Kier alpha value is -1.19. The number of piperidine rings is 1. The zero-order chi connectivity index (χ0) is 22.4. The van der Waals surface area contributed by atoms with E-state index in [1.165, 1.54) is 16.4 Å². The van der Waals surface area contributed by atoms with Crippen LogP contribution in [0.4, 0.5) is 0 Å². The van der Waals surface area contributed by atoms with Crippen LogP contribution in [-0.2, 0) is 10.0 Å². The number of hydrogen-bond donors (Lipinski definition) is 1. The maximum Gasteiger partial charge on any atom is 0.251 e. The van der Waals surface area contributed by atoms with E-state index in [-0.39, 0.29) is 15.8 Å². The monoisotopic (exact) mass is 470 g/mol. The van der Waals surface area contributed by atoms with Gasteiger partial charge < -0.3 is 15.1 Å². The molecule has 9 heteroatoms. The second kappa shape index (κ2) is 11.1. The molecule has 2 saturated heterocycles. The molecule has 0 bridgehead atoms. The molecule has 0 aliphatic carbocycles. The molecule has 2 heterocycles. The molecule has 3 rings (SSSR count). The van der Waals surface area contributed by atoms with E-state index in [9.17, 15) is 13.2 Å². The van der Waals surface area contributed by atoms with Gasteiger partial charge in [0, 0.05) is 51.4 Å². The van der Waals surface area contributed by atoms with Crippen molar-refractivity contribution in [3.63, 3.8) is 0 Å². The minimum Gasteiger partial charge on any atom is -0.352 e. The summed E-state index contributed by atoms with van der Waals surface area (Å²) in [5, 5.41) is 3.07. The Labute approximate surface area is 191 Å². The lowest BCUT2D eigenvalue weighted by Gasteiger charge is -2.32. The van der Waals surface area contributed by atoms with Crippen LogP contribution in [-0.4, -0.2) is 87.8 Å². The van der Waals surface area contributed by atoms with Crippen LogP contribution in [0.15, 0.2) is 23.1 Å². The highest BCUT2D eigenvalue weighted by atomic mass is 35.5. The second-order valence-electron chi connectivity index (χ2n) is 8.86. The maximum absolute atomic E-state index is 13.1. The van der Waals surface area contributed by atoms with E-state index in [4.69, 9.17) is 11.6 Å². The highest BCUT2D eigenvalue weighted by molar-refractivity contribution is 7.89. The van der Waals surface area contributed by atoms with E-state index in [2.05, 4.69) is 29.1 Å². The predicted octanol–water partition coefficient (Wildman–Crippen LogP) is 2.52. The average Bonchev–Trinajstić information content (AvgIpc) is 2.75. The van der Waals surface area contributed by atoms with Crippen LogP contribution >= 0.6 is 11.6 Å². The lowest BCUT2D eigenvalue weighted by atomic mass is 10.0. The van der Waals surface area contributed by atoms with Gasteiger partial charge in [-0.1, -0.05) is 18.5 Å². The predicted molar refractivity (Wildman–Crippen MR) is 124 cm³/mol. The number of halogens is 1. The molecule has 1 aromatic rings. The van der Waals surface area contributed by atoms with Crippen LogP contribution in [0, 0.1) is 5.92 Å². The van der Waals surface area contributed by atoms with E-state index in [0.717, 1.165) is 58.4 Å². The second-order valence-corrected chi connectivity index (χ2v) is 11.2. The average molecular weight is 471 g/mol. The molecule has 0 saturated carbocycles. The standard InChI is InChI=1S/C22H35ClN4O3S/c1-18-6-5-11-27(17-18)31(29,30)21-16-19(7-8-20(21)23)22(28)24-9-3-4-10-26-14-12-25(2)13-15-26/h7-8,16,18H,3-6,9-15,17H2,1-2H3,(H,24,28). The summed E-state index contributed by atoms with van der Waals surface area (Å²) in [4.78, 5) is 17.4. The molecular formula is C22H35ClN4O3S. The number of rotatable bonds is 8. The molecule has 1 N–H and O–H groups in total. The van der Waals surface area contributed by atoms with E-state index in [0.29, 0.717) is 31.1 Å². The summed E-state index contributed by atoms with van der Waals surface area (Å²) in [5.41, 5.74) is 0.326. The molecule has 0 aromatic heterocycles. The number of carbonyl (C=O) groups excluding carboxylic acids is 1. The molecular weight excluding hydrogens is 436 g/mol. The van der Waals surface area contributed by atoms with Crippen LogP contribution in [0.3, 0.4) is 0 Å². The zero-order valence-electron chi connectivity index (χ0n) is 18.6. The summed E-state index contributed by atoms with van der Waals surface area (Å²) >= 11 is 6.22. The first-order chi connectivity index (χ1) is 14.8. The molecule has 7 nitrogen and oxygen atoms in total. The van der Waals surface area contributed by atoms with Gasteiger partial charge in [-0.05, 0) is 63.4 Å². The summed E-state index contributed by atoms with van der Waals surface area (Å²) in [6, 6.07) is 4.50. The van der Waals surface area contributed by atoms with Crippen molar-refractivity contribution in [2.45, 2.75) is 37.5 Å². The SMILES string of the molecule is CC1CCCN(S(=O)(=O)c2cc(C(=O)NCCCCN3CCN(C)CC3)ccc2Cl)C1. The minimum absolute atomic E-state index is 0.0194. The summed E-state index contributed by atoms with van der Waals surface area (Å²) in [6.07, 6.45) is 3.78. The molecule has 2 aliphatic rings. The smallest absolute Gasteiger partial charge is 0.251 e. The van der Waals surface area contributed by atoms with Crippen molar-refractivity contribution in [1.82, 2.24) is 19.4 Å². The van der Waals surface area contributed by atoms with Gasteiger partial charge in [0.15, 0.2) is 0 Å². The van der Waals surface area contributed by atoms with Gasteiger partial charge in [-0.3, -0.25) is 4.79 Å². The van der Waals surface area contributed by atoms with Crippen molar-refractivity contribution in [3.05, 3.63) is 28.8 Å². The third-order valence-corrected chi connectivity index (χ3v) is 8.56. The fourth-order valence-electron chi connectivity index (χ4n) is 4.18. The number of hydrogen-bond acceptors (Lipinski definition) is 5. The van der Waals surface area contributed by atoms with Crippen LogP contribution in [0.25, 0.3) is 0 Å². The largest absolute Gasteiger partial charge is 0.352 e. The fourth-order valence-corrected chi connectivity index (χ4v) is 6.28. The minimum atomic E-state index is -3.71. The lowest BCUT2D eigenvalue weighted by Crippen LogP contribution is -2.44. The number of benzene rings is 1. The first kappa shape index (κ1) is 24.5. The fraction of sp³-hybridized carbons (Fsp3) is 0.682. The third-order valence-electron chi connectivity index (χ3n) is 6.21. The number of unbranched alkanes of at least 4 members (excludes halogenated alkanes) is 1. The van der Waals surface area contributed by atoms with Crippen molar-refractivity contribution in [3.8, 4) is 0 Å². The highest BCUT2D eigenvalue weighted by Gasteiger charge is 2.30. The molecule has 1 unspecified atom stereocenters. The molecule has 174 valence electrons. The van der Waals surface area contributed by atoms with Crippen molar-refractivity contribution in [2.75, 3.05) is 59.4 Å². The van der Waals surface area contributed by atoms with Crippen molar-refractivity contribution >= 4 is 27.5 Å². The first-order valence-electron chi connectivity index (χ1n) is 11.3. The Morgan fingerprint density at radius 1 is 1.16 bits per heavy atom. The topological polar surface area (TPSA) is 73.0 Å². The van der Waals surface area contributed by atoms with Crippen LogP contribution < -0.4 is 5.32 Å². The Balaban J connectivity index is 1.52. The van der Waals surface area contributed by atoms with E-state index in [1.807, 2.05) is 0 Å². The van der Waals surface area contributed by atoms with Gasteiger partial charge in [0.05, 0.1) is 5.02 Å². The van der Waals surface area contributed by atoms with Gasteiger partial charge >= 0.3 is 0 Å². The summed E-state index contributed by atoms with van der Waals surface area (Å²) in [6.45, 7) is 9.05. The van der Waals surface area contributed by atoms with E-state index >= 15 is 0 Å². The van der Waals surface area contributed by atoms with Gasteiger partial charge in [0.25, 0.3) is 5.91 Å². The third kappa shape index (κ3) is 6.65. The van der Waals surface area contributed by atoms with Crippen LogP contribution in [0.5, 0.6) is 0 Å². The normalized spacial score (nSPS) is 21.8. The molecule has 2 fully saturated rings. The number of likely N-dealkylation sites (N-methyl/N-ethyl adjacent to an activating group) is 1.